The van der Waals surface area contributed by atoms with Crippen LogP contribution in [0.3, 0.4) is 0 Å². The van der Waals surface area contributed by atoms with Crippen LogP contribution in [0.5, 0.6) is 0 Å². The van der Waals surface area contributed by atoms with Crippen molar-refractivity contribution in [3.63, 3.8) is 0 Å². The van der Waals surface area contributed by atoms with Gasteiger partial charge in [-0.3, -0.25) is 9.59 Å². The van der Waals surface area contributed by atoms with E-state index in [2.05, 4.69) is 13.8 Å². The summed E-state index contributed by atoms with van der Waals surface area (Å²) in [5.74, 6) is 0.255. The van der Waals surface area contributed by atoms with Gasteiger partial charge in [-0.25, -0.2) is 0 Å². The van der Waals surface area contributed by atoms with Crippen molar-refractivity contribution in [3.8, 4) is 5.69 Å². The molecule has 1 aliphatic rings. The molecule has 2 amide bonds. The van der Waals surface area contributed by atoms with E-state index >= 15 is 0 Å². The topological polar surface area (TPSA) is 45.6 Å². The van der Waals surface area contributed by atoms with Gasteiger partial charge in [-0.2, -0.15) is 0 Å². The van der Waals surface area contributed by atoms with Crippen LogP contribution in [0.15, 0.2) is 48.8 Å². The minimum Gasteiger partial charge on any atom is -0.336 e. The highest BCUT2D eigenvalue weighted by Gasteiger charge is 2.35. The third-order valence-corrected chi connectivity index (χ3v) is 5.56. The largest absolute Gasteiger partial charge is 0.336 e. The highest BCUT2D eigenvalue weighted by molar-refractivity contribution is 5.80. The maximum Gasteiger partial charge on any atom is 0.227 e. The average molecular weight is 367 g/mol. The first-order chi connectivity index (χ1) is 13.0. The molecule has 1 aliphatic heterocycles. The molecule has 2 unspecified atom stereocenters. The molecule has 2 aromatic rings. The quantitative estimate of drug-likeness (QED) is 0.814. The summed E-state index contributed by atoms with van der Waals surface area (Å²) in [6.45, 7) is 7.06. The third kappa shape index (κ3) is 4.24. The third-order valence-electron chi connectivity index (χ3n) is 5.56. The smallest absolute Gasteiger partial charge is 0.227 e. The van der Waals surface area contributed by atoms with Crippen LogP contribution in [0.25, 0.3) is 5.69 Å². The Morgan fingerprint density at radius 2 is 1.48 bits per heavy atom. The molecule has 1 aromatic carbocycles. The second-order valence-corrected chi connectivity index (χ2v) is 7.28. The molecule has 0 saturated carbocycles. The molecule has 27 heavy (non-hydrogen) atoms. The van der Waals surface area contributed by atoms with Gasteiger partial charge in [-0.05, 0) is 42.7 Å². The van der Waals surface area contributed by atoms with E-state index in [0.29, 0.717) is 19.5 Å². The van der Waals surface area contributed by atoms with Crippen molar-refractivity contribution < 1.29 is 9.59 Å². The number of hydrogen-bond acceptors (Lipinski definition) is 2. The second kappa shape index (κ2) is 8.42. The number of carbonyl (C=O) groups excluding carboxylic acids is 2. The molecule has 1 fully saturated rings. The molecule has 0 aliphatic carbocycles. The van der Waals surface area contributed by atoms with Crippen molar-refractivity contribution in [2.24, 2.45) is 0 Å². The fourth-order valence-corrected chi connectivity index (χ4v) is 3.91. The molecular formula is C22H29N3O2. The Balaban J connectivity index is 1.70. The van der Waals surface area contributed by atoms with Gasteiger partial charge in [0.15, 0.2) is 0 Å². The molecule has 5 nitrogen and oxygen atoms in total. The number of carbonyl (C=O) groups is 2. The molecule has 0 spiro atoms. The van der Waals surface area contributed by atoms with Crippen LogP contribution in [-0.4, -0.2) is 51.4 Å². The number of benzene rings is 1. The van der Waals surface area contributed by atoms with Gasteiger partial charge in [0.1, 0.15) is 0 Å². The van der Waals surface area contributed by atoms with Gasteiger partial charge in [0.05, 0.1) is 6.42 Å². The Labute approximate surface area is 161 Å². The summed E-state index contributed by atoms with van der Waals surface area (Å²) >= 11 is 0. The number of nitrogens with zero attached hydrogens (tertiary/aromatic N) is 3. The van der Waals surface area contributed by atoms with E-state index < -0.39 is 0 Å². The number of hydrogen-bond donors (Lipinski definition) is 0. The highest BCUT2D eigenvalue weighted by Crippen LogP contribution is 2.21. The van der Waals surface area contributed by atoms with Gasteiger partial charge >= 0.3 is 0 Å². The predicted octanol–water partition coefficient (Wildman–Crippen LogP) is 3.27. The van der Waals surface area contributed by atoms with Crippen molar-refractivity contribution >= 4 is 11.8 Å². The first-order valence-corrected chi connectivity index (χ1v) is 9.82. The minimum atomic E-state index is 0.100. The minimum absolute atomic E-state index is 0.100. The lowest BCUT2D eigenvalue weighted by Crippen LogP contribution is -2.60. The standard InChI is InChI=1S/C22H29N3O2/c1-4-19-16-25(20(5-2)15-24(19)17(3)26)22(27)14-18-8-10-21(11-9-18)23-12-6-7-13-23/h6-13,19-20H,4-5,14-16H2,1-3H3. The molecular weight excluding hydrogens is 338 g/mol. The van der Waals surface area contributed by atoms with Crippen molar-refractivity contribution in [3.05, 3.63) is 54.4 Å². The summed E-state index contributed by atoms with van der Waals surface area (Å²) in [5, 5.41) is 0. The Kier molecular flexibility index (Phi) is 5.99. The number of piperazine rings is 1. The zero-order valence-electron chi connectivity index (χ0n) is 16.5. The van der Waals surface area contributed by atoms with Crippen LogP contribution in [0, 0.1) is 0 Å². The fourth-order valence-electron chi connectivity index (χ4n) is 3.91. The summed E-state index contributed by atoms with van der Waals surface area (Å²) in [5.41, 5.74) is 2.11. The monoisotopic (exact) mass is 367 g/mol. The normalized spacial score (nSPS) is 20.0. The second-order valence-electron chi connectivity index (χ2n) is 7.28. The molecule has 144 valence electrons. The van der Waals surface area contributed by atoms with Gasteiger partial charge in [0, 0.05) is 50.2 Å². The number of amides is 2. The Morgan fingerprint density at radius 1 is 0.926 bits per heavy atom. The van der Waals surface area contributed by atoms with E-state index in [-0.39, 0.29) is 23.9 Å². The summed E-state index contributed by atoms with van der Waals surface area (Å²) in [6, 6.07) is 12.3. The van der Waals surface area contributed by atoms with Gasteiger partial charge in [0.2, 0.25) is 11.8 Å². The molecule has 0 bridgehead atoms. The summed E-state index contributed by atoms with van der Waals surface area (Å²) in [4.78, 5) is 28.9. The van der Waals surface area contributed by atoms with E-state index in [4.69, 9.17) is 0 Å². The van der Waals surface area contributed by atoms with Crippen LogP contribution < -0.4 is 0 Å². The zero-order valence-corrected chi connectivity index (χ0v) is 16.5. The Bertz CT molecular complexity index is 767. The predicted molar refractivity (Wildman–Crippen MR) is 107 cm³/mol. The van der Waals surface area contributed by atoms with E-state index in [0.717, 1.165) is 24.1 Å². The first kappa shape index (κ1) is 19.2. The van der Waals surface area contributed by atoms with Gasteiger partial charge in [-0.15, -0.1) is 0 Å². The zero-order chi connectivity index (χ0) is 19.4. The van der Waals surface area contributed by atoms with Crippen molar-refractivity contribution in [1.82, 2.24) is 14.4 Å². The van der Waals surface area contributed by atoms with Crippen LogP contribution >= 0.6 is 0 Å². The van der Waals surface area contributed by atoms with Gasteiger partial charge in [0.25, 0.3) is 0 Å². The fraction of sp³-hybridized carbons (Fsp3) is 0.455. The lowest BCUT2D eigenvalue weighted by Gasteiger charge is -2.46. The summed E-state index contributed by atoms with van der Waals surface area (Å²) < 4.78 is 2.05. The molecule has 1 aromatic heterocycles. The van der Waals surface area contributed by atoms with Crippen molar-refractivity contribution in [2.75, 3.05) is 13.1 Å². The molecule has 3 rings (SSSR count). The molecule has 1 saturated heterocycles. The van der Waals surface area contributed by atoms with E-state index in [1.807, 2.05) is 63.2 Å². The molecule has 5 heteroatoms. The van der Waals surface area contributed by atoms with Gasteiger partial charge < -0.3 is 14.4 Å². The highest BCUT2D eigenvalue weighted by atomic mass is 16.2. The first-order valence-electron chi connectivity index (χ1n) is 9.82. The van der Waals surface area contributed by atoms with Crippen LogP contribution in [0.1, 0.15) is 39.2 Å². The number of rotatable bonds is 5. The molecule has 0 N–H and O–H groups in total. The van der Waals surface area contributed by atoms with E-state index in [1.54, 1.807) is 6.92 Å². The van der Waals surface area contributed by atoms with Crippen LogP contribution in [0.4, 0.5) is 0 Å². The average Bonchev–Trinajstić information content (AvgIpc) is 3.22. The lowest BCUT2D eigenvalue weighted by molar-refractivity contribution is -0.145. The SMILES string of the molecule is CCC1CN(C(=O)Cc2ccc(-n3cccc3)cc2)C(CC)CN1C(C)=O. The van der Waals surface area contributed by atoms with E-state index in [1.165, 1.54) is 0 Å². The summed E-state index contributed by atoms with van der Waals surface area (Å²) in [7, 11) is 0. The molecule has 2 atom stereocenters. The maximum atomic E-state index is 13.0. The molecule has 0 radical (unpaired) electrons. The molecule has 2 heterocycles. The Hall–Kier alpha value is -2.56. The maximum absolute atomic E-state index is 13.0. The van der Waals surface area contributed by atoms with Crippen molar-refractivity contribution in [1.29, 1.82) is 0 Å². The van der Waals surface area contributed by atoms with Gasteiger partial charge in [-0.1, -0.05) is 26.0 Å². The van der Waals surface area contributed by atoms with Crippen molar-refractivity contribution in [2.45, 2.75) is 52.1 Å². The Morgan fingerprint density at radius 3 is 2.04 bits per heavy atom. The van der Waals surface area contributed by atoms with Crippen LogP contribution in [0.2, 0.25) is 0 Å². The lowest BCUT2D eigenvalue weighted by atomic mass is 10.0. The van der Waals surface area contributed by atoms with E-state index in [9.17, 15) is 9.59 Å². The van der Waals surface area contributed by atoms with Crippen LogP contribution in [-0.2, 0) is 16.0 Å². The summed E-state index contributed by atoms with van der Waals surface area (Å²) in [6.07, 6.45) is 6.14. The number of aromatic nitrogens is 1.